The molecule has 1 atom stereocenters. The quantitative estimate of drug-likeness (QED) is 0.499. The van der Waals surface area contributed by atoms with Gasteiger partial charge in [0, 0.05) is 12.1 Å². The van der Waals surface area contributed by atoms with Crippen molar-refractivity contribution in [2.45, 2.75) is 18.9 Å². The number of fused-ring (bicyclic) bond motifs is 1. The Balaban J connectivity index is 1.72. The second kappa shape index (κ2) is 8.35. The van der Waals surface area contributed by atoms with Crippen molar-refractivity contribution in [2.24, 2.45) is 0 Å². The molecule has 0 spiro atoms. The van der Waals surface area contributed by atoms with Gasteiger partial charge in [-0.1, -0.05) is 24.3 Å². The van der Waals surface area contributed by atoms with Gasteiger partial charge in [0.25, 0.3) is 0 Å². The van der Waals surface area contributed by atoms with E-state index in [0.717, 1.165) is 37.2 Å². The van der Waals surface area contributed by atoms with Crippen LogP contribution in [0, 0.1) is 5.82 Å². The molecule has 1 saturated heterocycles. The van der Waals surface area contributed by atoms with Crippen LogP contribution in [0.1, 0.15) is 12.8 Å². The zero-order valence-electron chi connectivity index (χ0n) is 17.1. The van der Waals surface area contributed by atoms with E-state index < -0.39 is 0 Å². The molecule has 1 fully saturated rings. The van der Waals surface area contributed by atoms with Gasteiger partial charge in [-0.25, -0.2) is 14.4 Å². The number of halogens is 1. The highest BCUT2D eigenvalue weighted by Gasteiger charge is 2.26. The van der Waals surface area contributed by atoms with Crippen molar-refractivity contribution in [1.82, 2.24) is 15.3 Å². The number of ether oxygens (including phenoxy) is 2. The minimum atomic E-state index is -0.372. The Bertz CT molecular complexity index is 1200. The van der Waals surface area contributed by atoms with Crippen LogP contribution in [-0.4, -0.2) is 36.3 Å². The second-order valence-electron chi connectivity index (χ2n) is 7.46. The van der Waals surface area contributed by atoms with E-state index in [-0.39, 0.29) is 11.9 Å². The monoisotopic (exact) mass is 419 g/mol. The third-order valence-electron chi connectivity index (χ3n) is 5.48. The van der Waals surface area contributed by atoms with Crippen LogP contribution >= 0.6 is 0 Å². The molecule has 1 aliphatic rings. The van der Waals surface area contributed by atoms with E-state index in [1.807, 2.05) is 24.3 Å². The number of benzene rings is 2. The SMILES string of the molecule is COc1ccc(-c2c(-c3ccccc3F)oc3ncnc(O[C@@H]4CCCNC4)c23)cc1. The number of rotatable bonds is 5. The lowest BCUT2D eigenvalue weighted by molar-refractivity contribution is 0.162. The summed E-state index contributed by atoms with van der Waals surface area (Å²) < 4.78 is 32.4. The molecule has 31 heavy (non-hydrogen) atoms. The molecule has 4 aromatic rings. The van der Waals surface area contributed by atoms with Crippen LogP contribution < -0.4 is 14.8 Å². The predicted molar refractivity (Wildman–Crippen MR) is 116 cm³/mol. The van der Waals surface area contributed by atoms with E-state index in [0.29, 0.717) is 33.9 Å². The van der Waals surface area contributed by atoms with Gasteiger partial charge in [0.1, 0.15) is 35.1 Å². The smallest absolute Gasteiger partial charge is 0.234 e. The number of furan rings is 1. The molecular weight excluding hydrogens is 397 g/mol. The summed E-state index contributed by atoms with van der Waals surface area (Å²) in [5.41, 5.74) is 2.25. The normalized spacial score (nSPS) is 16.4. The van der Waals surface area contributed by atoms with E-state index in [4.69, 9.17) is 13.9 Å². The van der Waals surface area contributed by atoms with Crippen molar-refractivity contribution in [2.75, 3.05) is 20.2 Å². The average molecular weight is 419 g/mol. The Morgan fingerprint density at radius 2 is 1.94 bits per heavy atom. The Labute approximate surface area is 179 Å². The number of methoxy groups -OCH3 is 1. The van der Waals surface area contributed by atoms with Gasteiger partial charge in [-0.2, -0.15) is 0 Å². The van der Waals surface area contributed by atoms with Crippen LogP contribution in [0.15, 0.2) is 59.3 Å². The summed E-state index contributed by atoms with van der Waals surface area (Å²) >= 11 is 0. The van der Waals surface area contributed by atoms with Crippen LogP contribution in [-0.2, 0) is 0 Å². The fraction of sp³-hybridized carbons (Fsp3) is 0.250. The van der Waals surface area contributed by atoms with Crippen molar-refractivity contribution >= 4 is 11.1 Å². The van der Waals surface area contributed by atoms with Crippen molar-refractivity contribution < 1.29 is 18.3 Å². The lowest BCUT2D eigenvalue weighted by Gasteiger charge is -2.23. The zero-order chi connectivity index (χ0) is 21.2. The number of nitrogens with zero attached hydrogens (tertiary/aromatic N) is 2. The first kappa shape index (κ1) is 19.5. The standard InChI is InChI=1S/C24H22FN3O3/c1-29-16-10-8-15(9-11-16)20-21-23(30-17-5-4-12-26-13-17)27-14-28-24(21)31-22(20)18-6-2-3-7-19(18)25/h2-3,6-11,14,17,26H,4-5,12-13H2,1H3/t17-/m1/s1. The minimum absolute atomic E-state index is 0.00220. The summed E-state index contributed by atoms with van der Waals surface area (Å²) in [6, 6.07) is 14.1. The Kier molecular flexibility index (Phi) is 5.26. The molecule has 0 amide bonds. The highest BCUT2D eigenvalue weighted by atomic mass is 19.1. The van der Waals surface area contributed by atoms with Crippen LogP contribution in [0.3, 0.4) is 0 Å². The summed E-state index contributed by atoms with van der Waals surface area (Å²) in [5.74, 6) is 1.19. The Hall–Kier alpha value is -3.45. The molecule has 158 valence electrons. The van der Waals surface area contributed by atoms with Gasteiger partial charge in [0.05, 0.1) is 12.7 Å². The van der Waals surface area contributed by atoms with E-state index >= 15 is 0 Å². The van der Waals surface area contributed by atoms with Gasteiger partial charge in [0.15, 0.2) is 0 Å². The molecule has 0 aliphatic carbocycles. The first-order valence-corrected chi connectivity index (χ1v) is 10.3. The minimum Gasteiger partial charge on any atom is -0.497 e. The summed E-state index contributed by atoms with van der Waals surface area (Å²) in [6.45, 7) is 1.74. The number of piperidine rings is 1. The number of hydrogen-bond donors (Lipinski definition) is 1. The van der Waals surface area contributed by atoms with Crippen LogP contribution in [0.4, 0.5) is 4.39 Å². The van der Waals surface area contributed by atoms with E-state index in [1.54, 1.807) is 25.3 Å². The highest BCUT2D eigenvalue weighted by Crippen LogP contribution is 2.44. The third-order valence-corrected chi connectivity index (χ3v) is 5.48. The molecule has 1 aliphatic heterocycles. The molecule has 2 aromatic carbocycles. The van der Waals surface area contributed by atoms with Gasteiger partial charge in [-0.3, -0.25) is 0 Å². The topological polar surface area (TPSA) is 69.4 Å². The van der Waals surface area contributed by atoms with Crippen molar-refractivity contribution in [3.8, 4) is 34.1 Å². The van der Waals surface area contributed by atoms with Gasteiger partial charge in [0.2, 0.25) is 11.6 Å². The van der Waals surface area contributed by atoms with Crippen molar-refractivity contribution in [3.63, 3.8) is 0 Å². The zero-order valence-corrected chi connectivity index (χ0v) is 17.1. The summed E-state index contributed by atoms with van der Waals surface area (Å²) in [7, 11) is 1.62. The Morgan fingerprint density at radius 3 is 2.68 bits per heavy atom. The molecule has 2 aromatic heterocycles. The molecule has 0 radical (unpaired) electrons. The lowest BCUT2D eigenvalue weighted by atomic mass is 9.99. The maximum Gasteiger partial charge on any atom is 0.234 e. The van der Waals surface area contributed by atoms with Crippen molar-refractivity contribution in [1.29, 1.82) is 0 Å². The molecule has 1 N–H and O–H groups in total. The summed E-state index contributed by atoms with van der Waals surface area (Å²) in [5, 5.41) is 3.98. The molecule has 7 heteroatoms. The molecule has 0 unspecified atom stereocenters. The van der Waals surface area contributed by atoms with Gasteiger partial charge in [-0.05, 0) is 49.2 Å². The maximum absolute atomic E-state index is 14.7. The van der Waals surface area contributed by atoms with Crippen LogP contribution in [0.25, 0.3) is 33.6 Å². The van der Waals surface area contributed by atoms with E-state index in [2.05, 4.69) is 15.3 Å². The van der Waals surface area contributed by atoms with Gasteiger partial charge in [-0.15, -0.1) is 0 Å². The molecule has 5 rings (SSSR count). The summed E-state index contributed by atoms with van der Waals surface area (Å²) in [4.78, 5) is 8.72. The largest absolute Gasteiger partial charge is 0.497 e. The van der Waals surface area contributed by atoms with Crippen molar-refractivity contribution in [3.05, 3.63) is 60.7 Å². The lowest BCUT2D eigenvalue weighted by Crippen LogP contribution is -2.37. The predicted octanol–water partition coefficient (Wildman–Crippen LogP) is 4.84. The molecular formula is C24H22FN3O3. The number of aromatic nitrogens is 2. The number of nitrogens with one attached hydrogen (secondary N) is 1. The molecule has 3 heterocycles. The average Bonchev–Trinajstić information content (AvgIpc) is 3.20. The summed E-state index contributed by atoms with van der Waals surface area (Å²) in [6.07, 6.45) is 3.40. The Morgan fingerprint density at radius 1 is 1.10 bits per heavy atom. The van der Waals surface area contributed by atoms with Gasteiger partial charge < -0.3 is 19.2 Å². The van der Waals surface area contributed by atoms with E-state index in [9.17, 15) is 4.39 Å². The third kappa shape index (κ3) is 3.72. The molecule has 0 bridgehead atoms. The van der Waals surface area contributed by atoms with E-state index in [1.165, 1.54) is 12.4 Å². The fourth-order valence-corrected chi connectivity index (χ4v) is 3.94. The van der Waals surface area contributed by atoms with Crippen LogP contribution in [0.5, 0.6) is 11.6 Å². The maximum atomic E-state index is 14.7. The first-order chi connectivity index (χ1) is 15.2. The second-order valence-corrected chi connectivity index (χ2v) is 7.46. The number of hydrogen-bond acceptors (Lipinski definition) is 6. The fourth-order valence-electron chi connectivity index (χ4n) is 3.94. The molecule has 0 saturated carbocycles. The highest BCUT2D eigenvalue weighted by molar-refractivity contribution is 6.03. The first-order valence-electron chi connectivity index (χ1n) is 10.3. The van der Waals surface area contributed by atoms with Gasteiger partial charge >= 0.3 is 0 Å². The molecule has 6 nitrogen and oxygen atoms in total. The van der Waals surface area contributed by atoms with Crippen LogP contribution in [0.2, 0.25) is 0 Å².